The predicted octanol–water partition coefficient (Wildman–Crippen LogP) is 22.5. The first-order chi connectivity index (χ1) is 38.5. The van der Waals surface area contributed by atoms with Crippen molar-refractivity contribution in [1.82, 2.24) is 5.32 Å². The first-order valence-electron chi connectivity index (χ1n) is 34.9. The van der Waals surface area contributed by atoms with E-state index in [0.29, 0.717) is 19.4 Å². The molecule has 0 bridgehead atoms. The lowest BCUT2D eigenvalue weighted by Gasteiger charge is -2.20. The summed E-state index contributed by atoms with van der Waals surface area (Å²) in [4.78, 5) is 24.5. The summed E-state index contributed by atoms with van der Waals surface area (Å²) in [5, 5.41) is 23.3. The summed E-state index contributed by atoms with van der Waals surface area (Å²) in [7, 11) is 0. The van der Waals surface area contributed by atoms with Crippen LogP contribution in [-0.2, 0) is 14.3 Å². The van der Waals surface area contributed by atoms with Crippen LogP contribution in [0.15, 0.2) is 48.6 Å². The molecule has 2 unspecified atom stereocenters. The second-order valence-corrected chi connectivity index (χ2v) is 23.9. The molecule has 0 aromatic heterocycles. The molecule has 0 fully saturated rings. The third-order valence-corrected chi connectivity index (χ3v) is 16.1. The van der Waals surface area contributed by atoms with Crippen molar-refractivity contribution in [1.29, 1.82) is 0 Å². The van der Waals surface area contributed by atoms with E-state index >= 15 is 0 Å². The van der Waals surface area contributed by atoms with Gasteiger partial charge in [-0.2, -0.15) is 0 Å². The predicted molar refractivity (Wildman–Crippen MR) is 342 cm³/mol. The molecule has 1 amide bonds. The number of esters is 1. The van der Waals surface area contributed by atoms with Crippen LogP contribution in [0.25, 0.3) is 0 Å². The summed E-state index contributed by atoms with van der Waals surface area (Å²) >= 11 is 0. The van der Waals surface area contributed by atoms with E-state index in [1.165, 1.54) is 295 Å². The Labute approximate surface area is 486 Å². The van der Waals surface area contributed by atoms with Crippen LogP contribution < -0.4 is 5.32 Å². The lowest BCUT2D eigenvalue weighted by molar-refractivity contribution is -0.143. The van der Waals surface area contributed by atoms with E-state index in [0.717, 1.165) is 51.4 Å². The van der Waals surface area contributed by atoms with Crippen LogP contribution in [-0.4, -0.2) is 47.4 Å². The highest BCUT2D eigenvalue weighted by molar-refractivity contribution is 5.76. The van der Waals surface area contributed by atoms with Crippen LogP contribution in [0.1, 0.15) is 373 Å². The number of hydrogen-bond donors (Lipinski definition) is 3. The second-order valence-electron chi connectivity index (χ2n) is 23.9. The molecule has 3 N–H and O–H groups in total. The number of carbonyl (C=O) groups excluding carboxylic acids is 2. The Morgan fingerprint density at radius 1 is 0.359 bits per heavy atom. The number of nitrogens with one attached hydrogen (secondary N) is 1. The number of aliphatic hydroxyl groups is 2. The van der Waals surface area contributed by atoms with Gasteiger partial charge in [-0.15, -0.1) is 0 Å². The van der Waals surface area contributed by atoms with Gasteiger partial charge in [-0.1, -0.05) is 326 Å². The standard InChI is InChI=1S/C72H135NO5/c1-3-5-7-9-11-13-15-16-17-18-19-20-21-23-26-29-32-35-38-41-45-48-52-56-60-64-70(75)69(68-74)73-71(76)65-61-57-53-49-46-42-39-36-33-30-27-24-22-25-28-31-34-37-40-43-47-51-55-59-63-67-78-72(77)66-62-58-54-50-44-14-12-10-8-6-4-2/h10,12,24-25,27-28,60,64,69-70,74-75H,3-9,11,13-23,26,29-59,61-63,65-68H2,1-2H3,(H,73,76)/b12-10-,27-24-,28-25-,64-60+. The summed E-state index contributed by atoms with van der Waals surface area (Å²) in [5.74, 6) is -0.0733. The summed E-state index contributed by atoms with van der Waals surface area (Å²) in [6.45, 7) is 4.88. The monoisotopic (exact) mass is 1090 g/mol. The first-order valence-corrected chi connectivity index (χ1v) is 34.9. The zero-order valence-electron chi connectivity index (χ0n) is 52.4. The topological polar surface area (TPSA) is 95.9 Å². The Morgan fingerprint density at radius 3 is 1.03 bits per heavy atom. The van der Waals surface area contributed by atoms with Gasteiger partial charge in [-0.05, 0) is 83.5 Å². The zero-order valence-corrected chi connectivity index (χ0v) is 52.4. The van der Waals surface area contributed by atoms with E-state index in [1.807, 2.05) is 6.08 Å². The van der Waals surface area contributed by atoms with Crippen molar-refractivity contribution in [3.05, 3.63) is 48.6 Å². The van der Waals surface area contributed by atoms with Crippen molar-refractivity contribution in [2.75, 3.05) is 13.2 Å². The highest BCUT2D eigenvalue weighted by Crippen LogP contribution is 2.18. The van der Waals surface area contributed by atoms with Gasteiger partial charge < -0.3 is 20.3 Å². The minimum atomic E-state index is -0.851. The minimum absolute atomic E-state index is 0.00249. The van der Waals surface area contributed by atoms with Crippen molar-refractivity contribution in [2.24, 2.45) is 0 Å². The van der Waals surface area contributed by atoms with Crippen molar-refractivity contribution in [2.45, 2.75) is 386 Å². The number of carbonyl (C=O) groups is 2. The van der Waals surface area contributed by atoms with Gasteiger partial charge in [0.2, 0.25) is 5.91 Å². The number of hydrogen-bond acceptors (Lipinski definition) is 5. The van der Waals surface area contributed by atoms with E-state index in [1.54, 1.807) is 6.08 Å². The van der Waals surface area contributed by atoms with Gasteiger partial charge in [-0.25, -0.2) is 0 Å². The van der Waals surface area contributed by atoms with E-state index in [9.17, 15) is 19.8 Å². The summed E-state index contributed by atoms with van der Waals surface area (Å²) < 4.78 is 5.46. The molecule has 0 heterocycles. The third-order valence-electron chi connectivity index (χ3n) is 16.1. The molecule has 458 valence electrons. The van der Waals surface area contributed by atoms with Crippen molar-refractivity contribution in [3.63, 3.8) is 0 Å². The van der Waals surface area contributed by atoms with E-state index in [2.05, 4.69) is 55.6 Å². The quantitative estimate of drug-likeness (QED) is 0.0320. The Morgan fingerprint density at radius 2 is 0.654 bits per heavy atom. The Bertz CT molecular complexity index is 1310. The molecule has 78 heavy (non-hydrogen) atoms. The molecule has 0 saturated carbocycles. The third kappa shape index (κ3) is 63.0. The lowest BCUT2D eigenvalue weighted by Crippen LogP contribution is -2.45. The molecule has 0 spiro atoms. The highest BCUT2D eigenvalue weighted by Gasteiger charge is 2.18. The maximum absolute atomic E-state index is 12.5. The Kier molecular flexibility index (Phi) is 65.4. The molecule has 0 aliphatic carbocycles. The number of rotatable bonds is 65. The smallest absolute Gasteiger partial charge is 0.305 e. The molecule has 0 aliphatic rings. The van der Waals surface area contributed by atoms with E-state index < -0.39 is 12.1 Å². The number of amides is 1. The highest BCUT2D eigenvalue weighted by atomic mass is 16.5. The largest absolute Gasteiger partial charge is 0.466 e. The number of unbranched alkanes of at least 4 members (excludes halogenated alkanes) is 48. The molecule has 0 aromatic rings. The summed E-state index contributed by atoms with van der Waals surface area (Å²) in [6, 6.07) is -0.635. The van der Waals surface area contributed by atoms with Crippen LogP contribution in [0.5, 0.6) is 0 Å². The molecule has 0 aromatic carbocycles. The van der Waals surface area contributed by atoms with Crippen LogP contribution >= 0.6 is 0 Å². The van der Waals surface area contributed by atoms with Gasteiger partial charge in [0.1, 0.15) is 0 Å². The fraction of sp³-hybridized carbons (Fsp3) is 0.861. The lowest BCUT2D eigenvalue weighted by atomic mass is 10.0. The van der Waals surface area contributed by atoms with E-state index in [4.69, 9.17) is 4.74 Å². The molecular weight excluding hydrogens is 959 g/mol. The summed E-state index contributed by atoms with van der Waals surface area (Å²) in [6.07, 6.45) is 87.6. The maximum Gasteiger partial charge on any atom is 0.305 e. The first kappa shape index (κ1) is 75.8. The molecule has 6 heteroatoms. The maximum atomic E-state index is 12.5. The van der Waals surface area contributed by atoms with Gasteiger partial charge in [0.25, 0.3) is 0 Å². The van der Waals surface area contributed by atoms with Crippen LogP contribution in [0.3, 0.4) is 0 Å². The molecule has 0 saturated heterocycles. The Balaban J connectivity index is 3.47. The second kappa shape index (κ2) is 67.3. The van der Waals surface area contributed by atoms with Gasteiger partial charge in [0.05, 0.1) is 25.4 Å². The summed E-state index contributed by atoms with van der Waals surface area (Å²) in [5.41, 5.74) is 0. The molecule has 0 radical (unpaired) electrons. The molecule has 6 nitrogen and oxygen atoms in total. The minimum Gasteiger partial charge on any atom is -0.466 e. The fourth-order valence-electron chi connectivity index (χ4n) is 10.7. The average Bonchev–Trinajstić information content (AvgIpc) is 3.44. The number of ether oxygens (including phenoxy) is 1. The molecule has 2 atom stereocenters. The van der Waals surface area contributed by atoms with Crippen molar-refractivity contribution in [3.8, 4) is 0 Å². The van der Waals surface area contributed by atoms with Crippen molar-refractivity contribution >= 4 is 11.9 Å². The van der Waals surface area contributed by atoms with Crippen LogP contribution in [0.2, 0.25) is 0 Å². The Hall–Kier alpha value is -2.18. The van der Waals surface area contributed by atoms with Gasteiger partial charge >= 0.3 is 5.97 Å². The fourth-order valence-corrected chi connectivity index (χ4v) is 10.7. The zero-order chi connectivity index (χ0) is 56.4. The average molecular weight is 1090 g/mol. The van der Waals surface area contributed by atoms with Gasteiger partial charge in [0, 0.05) is 12.8 Å². The number of aliphatic hydroxyl groups excluding tert-OH is 2. The van der Waals surface area contributed by atoms with Crippen LogP contribution in [0.4, 0.5) is 0 Å². The molecule has 0 rings (SSSR count). The van der Waals surface area contributed by atoms with E-state index in [-0.39, 0.29) is 18.5 Å². The molecule has 0 aliphatic heterocycles. The normalized spacial score (nSPS) is 12.8. The van der Waals surface area contributed by atoms with Gasteiger partial charge in [0.15, 0.2) is 0 Å². The van der Waals surface area contributed by atoms with Crippen LogP contribution in [0, 0.1) is 0 Å². The van der Waals surface area contributed by atoms with Crippen molar-refractivity contribution < 1.29 is 24.5 Å². The SMILES string of the molecule is CCCC/C=C\CCCCCCCC(=O)OCCCCCCCCCCC/C=C\C/C=C\CCCCCCCCCCCC(=O)NC(CO)C(O)/C=C/CCCCCCCCCCCCCCCCCCCCCCCCC. The van der Waals surface area contributed by atoms with Gasteiger partial charge in [-0.3, -0.25) is 9.59 Å². The molecular formula is C72H135NO5. The number of allylic oxidation sites excluding steroid dienone is 7.